The van der Waals surface area contributed by atoms with Crippen LogP contribution in [0.15, 0.2) is 126 Å². The molecule has 0 spiro atoms. The number of nitrogens with zero attached hydrogens (tertiary/aromatic N) is 4. The van der Waals surface area contributed by atoms with Crippen LogP contribution in [0.1, 0.15) is 34.7 Å². The molecule has 3 aromatic carbocycles. The molecule has 0 saturated heterocycles. The topological polar surface area (TPSA) is 69.9 Å². The smallest absolute Gasteiger partial charge is 0.181 e. The minimum atomic E-state index is 0.0834. The van der Waals surface area contributed by atoms with Gasteiger partial charge in [-0.1, -0.05) is 78.9 Å². The van der Waals surface area contributed by atoms with E-state index in [-0.39, 0.29) is 5.92 Å². The highest BCUT2D eigenvalue weighted by Crippen LogP contribution is 2.39. The molecule has 3 aromatic heterocycles. The molecule has 0 aliphatic carbocycles. The van der Waals surface area contributed by atoms with Crippen molar-refractivity contribution in [3.63, 3.8) is 0 Å². The summed E-state index contributed by atoms with van der Waals surface area (Å²) in [5.74, 6) is 0.0834. The Morgan fingerprint density at radius 3 is 1.86 bits per heavy atom. The number of rotatable bonds is 9. The minimum absolute atomic E-state index is 0.0834. The average molecular weight is 487 g/mol. The molecule has 0 radical (unpaired) electrons. The first-order valence-corrected chi connectivity index (χ1v) is 12.3. The fraction of sp³-hybridized carbons (Fsp3) is 0.129. The van der Waals surface area contributed by atoms with Crippen LogP contribution in [0.2, 0.25) is 0 Å². The minimum Gasteiger partial charge on any atom is -0.451 e. The van der Waals surface area contributed by atoms with Gasteiger partial charge >= 0.3 is 0 Å². The fourth-order valence-corrected chi connectivity index (χ4v) is 4.95. The normalized spacial score (nSPS) is 11.3. The number of hydrogen-bond acceptors (Lipinski definition) is 5. The Bertz CT molecular complexity index is 1480. The third-order valence-corrected chi connectivity index (χ3v) is 6.67. The van der Waals surface area contributed by atoms with E-state index in [0.29, 0.717) is 0 Å². The van der Waals surface area contributed by atoms with Gasteiger partial charge in [-0.2, -0.15) is 0 Å². The lowest BCUT2D eigenvalue weighted by molar-refractivity contribution is 0.558. The summed E-state index contributed by atoms with van der Waals surface area (Å²) < 4.78 is 12.8. The van der Waals surface area contributed by atoms with E-state index in [1.807, 2.05) is 24.5 Å². The molecule has 0 fully saturated rings. The van der Waals surface area contributed by atoms with Crippen molar-refractivity contribution in [1.29, 1.82) is 0 Å². The van der Waals surface area contributed by atoms with Gasteiger partial charge < -0.3 is 13.4 Å². The van der Waals surface area contributed by atoms with Crippen molar-refractivity contribution in [2.75, 3.05) is 0 Å². The summed E-state index contributed by atoms with van der Waals surface area (Å²) in [6, 6.07) is 27.3. The number of aromatic nitrogens is 4. The summed E-state index contributed by atoms with van der Waals surface area (Å²) in [4.78, 5) is 13.6. The SMILES string of the molecule is c1ccc(Cn2cnc(CCC(c3ccccc3-c3cocn3)c3ccccc3-c3cocn3)c2)cc1. The fourth-order valence-electron chi connectivity index (χ4n) is 4.95. The molecule has 0 saturated carbocycles. The first-order valence-electron chi connectivity index (χ1n) is 12.3. The van der Waals surface area contributed by atoms with Gasteiger partial charge in [0.15, 0.2) is 12.8 Å². The first-order chi connectivity index (χ1) is 18.3. The maximum Gasteiger partial charge on any atom is 0.181 e. The standard InChI is InChI=1S/C31H26N4O2/c1-2-8-23(9-3-1)16-35-17-24(32-20-35)14-15-27(25-10-4-6-12-28(25)30-18-36-21-33-30)26-11-5-7-13-29(26)31-19-37-22-34-31/h1-13,17-22,27H,14-16H2. The van der Waals surface area contributed by atoms with E-state index in [2.05, 4.69) is 81.4 Å². The van der Waals surface area contributed by atoms with Crippen molar-refractivity contribution in [2.24, 2.45) is 0 Å². The van der Waals surface area contributed by atoms with Gasteiger partial charge in [-0.3, -0.25) is 0 Å². The zero-order valence-corrected chi connectivity index (χ0v) is 20.3. The Morgan fingerprint density at radius 2 is 1.27 bits per heavy atom. The lowest BCUT2D eigenvalue weighted by Gasteiger charge is -2.22. The van der Waals surface area contributed by atoms with Gasteiger partial charge in [-0.25, -0.2) is 15.0 Å². The first kappa shape index (κ1) is 22.7. The maximum absolute atomic E-state index is 5.33. The van der Waals surface area contributed by atoms with E-state index >= 15 is 0 Å². The molecule has 6 rings (SSSR count). The molecule has 0 unspecified atom stereocenters. The molecule has 0 amide bonds. The highest BCUT2D eigenvalue weighted by molar-refractivity contribution is 5.69. The molecule has 6 aromatic rings. The van der Waals surface area contributed by atoms with Crippen LogP contribution in [0.4, 0.5) is 0 Å². The number of oxazole rings is 2. The van der Waals surface area contributed by atoms with E-state index in [1.165, 1.54) is 29.5 Å². The van der Waals surface area contributed by atoms with Crippen LogP contribution in [-0.2, 0) is 13.0 Å². The lowest BCUT2D eigenvalue weighted by Crippen LogP contribution is -2.07. The number of benzene rings is 3. The Morgan fingerprint density at radius 1 is 0.676 bits per heavy atom. The molecule has 37 heavy (non-hydrogen) atoms. The second-order valence-corrected chi connectivity index (χ2v) is 9.04. The van der Waals surface area contributed by atoms with Crippen LogP contribution in [0.3, 0.4) is 0 Å². The van der Waals surface area contributed by atoms with E-state index in [4.69, 9.17) is 13.8 Å². The third-order valence-electron chi connectivity index (χ3n) is 6.67. The van der Waals surface area contributed by atoms with Gasteiger partial charge in [0.25, 0.3) is 0 Å². The number of hydrogen-bond donors (Lipinski definition) is 0. The molecule has 3 heterocycles. The molecular formula is C31H26N4O2. The van der Waals surface area contributed by atoms with Gasteiger partial charge in [0, 0.05) is 29.8 Å². The molecule has 0 aliphatic rings. The molecule has 0 atom stereocenters. The zero-order chi connectivity index (χ0) is 24.9. The van der Waals surface area contributed by atoms with Crippen LogP contribution in [-0.4, -0.2) is 19.5 Å². The summed E-state index contributed by atoms with van der Waals surface area (Å²) in [6.07, 6.45) is 12.1. The number of aryl methyl sites for hydroxylation is 1. The van der Waals surface area contributed by atoms with Crippen LogP contribution in [0, 0.1) is 0 Å². The maximum atomic E-state index is 5.33. The Balaban J connectivity index is 1.35. The highest BCUT2D eigenvalue weighted by atomic mass is 16.3. The Kier molecular flexibility index (Phi) is 6.45. The van der Waals surface area contributed by atoms with Gasteiger partial charge in [0.1, 0.15) is 23.9 Å². The third kappa shape index (κ3) is 5.00. The van der Waals surface area contributed by atoms with Crippen molar-refractivity contribution in [3.05, 3.63) is 139 Å². The second kappa shape index (κ2) is 10.5. The molecule has 0 aliphatic heterocycles. The zero-order valence-electron chi connectivity index (χ0n) is 20.3. The summed E-state index contributed by atoms with van der Waals surface area (Å²) >= 11 is 0. The van der Waals surface area contributed by atoms with E-state index in [9.17, 15) is 0 Å². The van der Waals surface area contributed by atoms with Gasteiger partial charge in [0.05, 0.1) is 12.0 Å². The van der Waals surface area contributed by atoms with Crippen molar-refractivity contribution < 1.29 is 8.83 Å². The molecular weight excluding hydrogens is 460 g/mol. The molecule has 6 nitrogen and oxygen atoms in total. The second-order valence-electron chi connectivity index (χ2n) is 9.04. The Labute approximate surface area is 215 Å². The molecule has 0 bridgehead atoms. The van der Waals surface area contributed by atoms with E-state index in [1.54, 1.807) is 12.5 Å². The Hall–Kier alpha value is -4.71. The van der Waals surface area contributed by atoms with Gasteiger partial charge in [0.2, 0.25) is 0 Å². The lowest BCUT2D eigenvalue weighted by atomic mass is 9.81. The summed E-state index contributed by atoms with van der Waals surface area (Å²) in [6.45, 7) is 0.807. The molecule has 182 valence electrons. The quantitative estimate of drug-likeness (QED) is 0.220. The predicted octanol–water partition coefficient (Wildman–Crippen LogP) is 7.01. The molecule has 6 heteroatoms. The summed E-state index contributed by atoms with van der Waals surface area (Å²) in [7, 11) is 0. The summed E-state index contributed by atoms with van der Waals surface area (Å²) in [5, 5.41) is 0. The van der Waals surface area contributed by atoms with Crippen molar-refractivity contribution in [1.82, 2.24) is 19.5 Å². The monoisotopic (exact) mass is 486 g/mol. The summed E-state index contributed by atoms with van der Waals surface area (Å²) in [5.41, 5.74) is 8.48. The highest BCUT2D eigenvalue weighted by Gasteiger charge is 2.23. The van der Waals surface area contributed by atoms with Crippen LogP contribution < -0.4 is 0 Å². The van der Waals surface area contributed by atoms with Crippen molar-refractivity contribution in [2.45, 2.75) is 25.3 Å². The van der Waals surface area contributed by atoms with E-state index < -0.39 is 0 Å². The number of imidazole rings is 1. The predicted molar refractivity (Wildman–Crippen MR) is 142 cm³/mol. The largest absolute Gasteiger partial charge is 0.451 e. The van der Waals surface area contributed by atoms with Gasteiger partial charge in [-0.05, 0) is 29.5 Å². The van der Waals surface area contributed by atoms with Crippen molar-refractivity contribution in [3.8, 4) is 22.5 Å². The van der Waals surface area contributed by atoms with Crippen LogP contribution in [0.25, 0.3) is 22.5 Å². The van der Waals surface area contributed by atoms with Crippen LogP contribution >= 0.6 is 0 Å². The van der Waals surface area contributed by atoms with Gasteiger partial charge in [-0.15, -0.1) is 0 Å². The van der Waals surface area contributed by atoms with Crippen LogP contribution in [0.5, 0.6) is 0 Å². The van der Waals surface area contributed by atoms with E-state index in [0.717, 1.165) is 47.6 Å². The average Bonchev–Trinajstić information content (AvgIpc) is 3.74. The molecule has 0 N–H and O–H groups in total. The van der Waals surface area contributed by atoms with Crippen molar-refractivity contribution >= 4 is 0 Å².